The van der Waals surface area contributed by atoms with Crippen molar-refractivity contribution in [2.75, 3.05) is 6.61 Å². The Morgan fingerprint density at radius 2 is 1.88 bits per heavy atom. The summed E-state index contributed by atoms with van der Waals surface area (Å²) in [6.07, 6.45) is 3.83. The molecule has 24 heavy (non-hydrogen) atoms. The Bertz CT molecular complexity index is 646. The second kappa shape index (κ2) is 9.11. The molecule has 0 radical (unpaired) electrons. The zero-order chi connectivity index (χ0) is 17.4. The zero-order valence-electron chi connectivity index (χ0n) is 14.5. The normalized spacial score (nSPS) is 11.9. The molecule has 2 rings (SSSR count). The maximum absolute atomic E-state index is 11.7. The minimum atomic E-state index is -0.798. The van der Waals surface area contributed by atoms with Gasteiger partial charge in [-0.1, -0.05) is 61.7 Å². The standard InChI is InChI=1S/C21H26O3/c1-3-4-5-13-24-19-8-6-7-17(14-19)15-20(21(22)23)18-11-9-16(2)10-12-18/h6-12,14,20H,3-5,13,15H2,1-2H3,(H,22,23). The summed E-state index contributed by atoms with van der Waals surface area (Å²) >= 11 is 0. The number of carboxylic acid groups (broad SMARTS) is 1. The van der Waals surface area contributed by atoms with Gasteiger partial charge in [-0.2, -0.15) is 0 Å². The molecule has 0 aliphatic carbocycles. The van der Waals surface area contributed by atoms with Crippen LogP contribution in [0.15, 0.2) is 48.5 Å². The van der Waals surface area contributed by atoms with Crippen molar-refractivity contribution >= 4 is 5.97 Å². The van der Waals surface area contributed by atoms with E-state index in [4.69, 9.17) is 4.74 Å². The van der Waals surface area contributed by atoms with Crippen molar-refractivity contribution in [2.24, 2.45) is 0 Å². The van der Waals surface area contributed by atoms with Crippen molar-refractivity contribution < 1.29 is 14.6 Å². The lowest BCUT2D eigenvalue weighted by atomic mass is 9.91. The Balaban J connectivity index is 2.06. The van der Waals surface area contributed by atoms with Crippen LogP contribution in [0.3, 0.4) is 0 Å². The van der Waals surface area contributed by atoms with E-state index in [0.717, 1.165) is 35.3 Å². The minimum absolute atomic E-state index is 0.463. The molecule has 128 valence electrons. The first kappa shape index (κ1) is 18.1. The van der Waals surface area contributed by atoms with E-state index >= 15 is 0 Å². The first-order valence-electron chi connectivity index (χ1n) is 8.61. The lowest BCUT2D eigenvalue weighted by Crippen LogP contribution is -2.14. The Kier molecular flexibility index (Phi) is 6.86. The summed E-state index contributed by atoms with van der Waals surface area (Å²) in [7, 11) is 0. The van der Waals surface area contributed by atoms with E-state index < -0.39 is 11.9 Å². The number of hydrogen-bond acceptors (Lipinski definition) is 2. The van der Waals surface area contributed by atoms with Gasteiger partial charge >= 0.3 is 5.97 Å². The van der Waals surface area contributed by atoms with Crippen molar-refractivity contribution in [3.63, 3.8) is 0 Å². The van der Waals surface area contributed by atoms with Crippen LogP contribution in [0.5, 0.6) is 5.75 Å². The molecule has 2 aromatic carbocycles. The largest absolute Gasteiger partial charge is 0.494 e. The fourth-order valence-electron chi connectivity index (χ4n) is 2.69. The van der Waals surface area contributed by atoms with Crippen LogP contribution in [-0.4, -0.2) is 17.7 Å². The molecule has 0 saturated carbocycles. The molecule has 0 heterocycles. The topological polar surface area (TPSA) is 46.5 Å². The van der Waals surface area contributed by atoms with Crippen LogP contribution in [0.1, 0.15) is 48.8 Å². The van der Waals surface area contributed by atoms with E-state index in [1.165, 1.54) is 6.42 Å². The van der Waals surface area contributed by atoms with Crippen LogP contribution in [0, 0.1) is 6.92 Å². The van der Waals surface area contributed by atoms with Gasteiger partial charge in [0.05, 0.1) is 12.5 Å². The van der Waals surface area contributed by atoms with Gasteiger partial charge in [-0.25, -0.2) is 0 Å². The van der Waals surface area contributed by atoms with Crippen LogP contribution >= 0.6 is 0 Å². The van der Waals surface area contributed by atoms with Crippen LogP contribution in [0.2, 0.25) is 0 Å². The van der Waals surface area contributed by atoms with Gasteiger partial charge in [-0.15, -0.1) is 0 Å². The molecule has 0 fully saturated rings. The molecule has 1 atom stereocenters. The summed E-state index contributed by atoms with van der Waals surface area (Å²) < 4.78 is 5.76. The molecule has 0 aromatic heterocycles. The van der Waals surface area contributed by atoms with E-state index in [2.05, 4.69) is 6.92 Å². The second-order valence-corrected chi connectivity index (χ2v) is 6.21. The number of unbranched alkanes of at least 4 members (excludes halogenated alkanes) is 2. The highest BCUT2D eigenvalue weighted by Crippen LogP contribution is 2.24. The van der Waals surface area contributed by atoms with E-state index in [1.807, 2.05) is 55.5 Å². The van der Waals surface area contributed by atoms with Gasteiger partial charge in [0.25, 0.3) is 0 Å². The Labute approximate surface area is 144 Å². The van der Waals surface area contributed by atoms with Gasteiger partial charge in [0.15, 0.2) is 0 Å². The summed E-state index contributed by atoms with van der Waals surface area (Å²) in [4.78, 5) is 11.7. The maximum atomic E-state index is 11.7. The smallest absolute Gasteiger partial charge is 0.311 e. The molecule has 1 N–H and O–H groups in total. The van der Waals surface area contributed by atoms with Crippen LogP contribution in [0.25, 0.3) is 0 Å². The van der Waals surface area contributed by atoms with Gasteiger partial charge in [0.2, 0.25) is 0 Å². The summed E-state index contributed by atoms with van der Waals surface area (Å²) in [6, 6.07) is 15.5. The van der Waals surface area contributed by atoms with Crippen LogP contribution < -0.4 is 4.74 Å². The lowest BCUT2D eigenvalue weighted by molar-refractivity contribution is -0.138. The number of carboxylic acids is 1. The highest BCUT2D eigenvalue weighted by molar-refractivity contribution is 5.76. The van der Waals surface area contributed by atoms with Crippen LogP contribution in [-0.2, 0) is 11.2 Å². The first-order valence-corrected chi connectivity index (χ1v) is 8.61. The first-order chi connectivity index (χ1) is 11.6. The number of benzene rings is 2. The Morgan fingerprint density at radius 3 is 2.54 bits per heavy atom. The lowest BCUT2D eigenvalue weighted by Gasteiger charge is -2.14. The molecule has 3 heteroatoms. The summed E-state index contributed by atoms with van der Waals surface area (Å²) in [6.45, 7) is 4.87. The highest BCUT2D eigenvalue weighted by atomic mass is 16.5. The van der Waals surface area contributed by atoms with E-state index in [-0.39, 0.29) is 0 Å². The molecular formula is C21H26O3. The second-order valence-electron chi connectivity index (χ2n) is 6.21. The number of ether oxygens (including phenoxy) is 1. The third kappa shape index (κ3) is 5.41. The van der Waals surface area contributed by atoms with E-state index in [0.29, 0.717) is 13.0 Å². The van der Waals surface area contributed by atoms with Crippen molar-refractivity contribution in [2.45, 2.75) is 45.4 Å². The number of rotatable bonds is 9. The molecule has 0 spiro atoms. The number of hydrogen-bond donors (Lipinski definition) is 1. The van der Waals surface area contributed by atoms with E-state index in [1.54, 1.807) is 0 Å². The van der Waals surface area contributed by atoms with Crippen molar-refractivity contribution in [3.05, 3.63) is 65.2 Å². The predicted molar refractivity (Wildman–Crippen MR) is 96.7 cm³/mol. The molecule has 3 nitrogen and oxygen atoms in total. The molecule has 1 unspecified atom stereocenters. The van der Waals surface area contributed by atoms with Crippen molar-refractivity contribution in [1.29, 1.82) is 0 Å². The third-order valence-electron chi connectivity index (χ3n) is 4.13. The van der Waals surface area contributed by atoms with Gasteiger partial charge < -0.3 is 9.84 Å². The fourth-order valence-corrected chi connectivity index (χ4v) is 2.69. The monoisotopic (exact) mass is 326 g/mol. The minimum Gasteiger partial charge on any atom is -0.494 e. The average Bonchev–Trinajstić information content (AvgIpc) is 2.58. The Hall–Kier alpha value is -2.29. The van der Waals surface area contributed by atoms with E-state index in [9.17, 15) is 9.90 Å². The molecule has 2 aromatic rings. The third-order valence-corrected chi connectivity index (χ3v) is 4.13. The molecule has 0 saturated heterocycles. The predicted octanol–water partition coefficient (Wildman–Crippen LogP) is 4.97. The number of aliphatic carboxylic acids is 1. The highest BCUT2D eigenvalue weighted by Gasteiger charge is 2.20. The molecule has 0 bridgehead atoms. The maximum Gasteiger partial charge on any atom is 0.311 e. The molecule has 0 aliphatic rings. The van der Waals surface area contributed by atoms with Crippen LogP contribution in [0.4, 0.5) is 0 Å². The van der Waals surface area contributed by atoms with Gasteiger partial charge in [-0.3, -0.25) is 4.79 Å². The zero-order valence-corrected chi connectivity index (χ0v) is 14.5. The van der Waals surface area contributed by atoms with Gasteiger partial charge in [0, 0.05) is 0 Å². The number of carbonyl (C=O) groups is 1. The molecule has 0 aliphatic heterocycles. The number of aryl methyl sites for hydroxylation is 1. The molecule has 0 amide bonds. The van der Waals surface area contributed by atoms with Crippen molar-refractivity contribution in [3.8, 4) is 5.75 Å². The SMILES string of the molecule is CCCCCOc1cccc(CC(C(=O)O)c2ccc(C)cc2)c1. The average molecular weight is 326 g/mol. The van der Waals surface area contributed by atoms with Gasteiger partial charge in [0.1, 0.15) is 5.75 Å². The Morgan fingerprint density at radius 1 is 1.12 bits per heavy atom. The summed E-state index contributed by atoms with van der Waals surface area (Å²) in [5, 5.41) is 9.60. The fraction of sp³-hybridized carbons (Fsp3) is 0.381. The van der Waals surface area contributed by atoms with Gasteiger partial charge in [-0.05, 0) is 43.0 Å². The summed E-state index contributed by atoms with van der Waals surface area (Å²) in [5.74, 6) is -0.522. The quantitative estimate of drug-likeness (QED) is 0.661. The summed E-state index contributed by atoms with van der Waals surface area (Å²) in [5.41, 5.74) is 2.95. The molecular weight excluding hydrogens is 300 g/mol. The van der Waals surface area contributed by atoms with Crippen molar-refractivity contribution in [1.82, 2.24) is 0 Å².